The van der Waals surface area contributed by atoms with E-state index in [1.807, 2.05) is 13.8 Å². The Labute approximate surface area is 98.5 Å². The summed E-state index contributed by atoms with van der Waals surface area (Å²) in [5.41, 5.74) is 0.755. The van der Waals surface area contributed by atoms with E-state index >= 15 is 0 Å². The highest BCUT2D eigenvalue weighted by Crippen LogP contribution is 2.09. The van der Waals surface area contributed by atoms with Crippen molar-refractivity contribution in [1.82, 2.24) is 10.3 Å². The SMILES string of the molecule is CCOCC(C)NCc1csc(C(=O)O)n1. The lowest BCUT2D eigenvalue weighted by molar-refractivity contribution is 0.0696. The average molecular weight is 244 g/mol. The van der Waals surface area contributed by atoms with Gasteiger partial charge in [-0.2, -0.15) is 0 Å². The molecule has 1 atom stereocenters. The summed E-state index contributed by atoms with van der Waals surface area (Å²) in [6.07, 6.45) is 0. The van der Waals surface area contributed by atoms with Gasteiger partial charge in [-0.1, -0.05) is 0 Å². The van der Waals surface area contributed by atoms with Crippen molar-refractivity contribution in [2.75, 3.05) is 13.2 Å². The van der Waals surface area contributed by atoms with E-state index in [-0.39, 0.29) is 11.0 Å². The van der Waals surface area contributed by atoms with Crippen LogP contribution in [0, 0.1) is 0 Å². The molecule has 0 radical (unpaired) electrons. The molecule has 1 rings (SSSR count). The number of rotatable bonds is 7. The standard InChI is InChI=1S/C10H16N2O3S/c1-3-15-5-7(2)11-4-8-6-16-9(12-8)10(13)14/h6-7,11H,3-5H2,1-2H3,(H,13,14). The molecule has 6 heteroatoms. The fourth-order valence-corrected chi connectivity index (χ4v) is 1.77. The zero-order chi connectivity index (χ0) is 12.0. The fraction of sp³-hybridized carbons (Fsp3) is 0.600. The van der Waals surface area contributed by atoms with Gasteiger partial charge >= 0.3 is 5.97 Å². The van der Waals surface area contributed by atoms with Crippen molar-refractivity contribution in [3.8, 4) is 0 Å². The number of carboxylic acids is 1. The number of aromatic carboxylic acids is 1. The molecule has 0 aliphatic heterocycles. The maximum atomic E-state index is 10.6. The van der Waals surface area contributed by atoms with E-state index in [4.69, 9.17) is 9.84 Å². The van der Waals surface area contributed by atoms with E-state index in [1.54, 1.807) is 5.38 Å². The van der Waals surface area contributed by atoms with Crippen LogP contribution in [0.5, 0.6) is 0 Å². The first kappa shape index (κ1) is 13.1. The Morgan fingerprint density at radius 3 is 3.06 bits per heavy atom. The number of nitrogens with one attached hydrogen (secondary N) is 1. The number of hydrogen-bond acceptors (Lipinski definition) is 5. The van der Waals surface area contributed by atoms with Crippen LogP contribution in [-0.4, -0.2) is 35.3 Å². The molecular weight excluding hydrogens is 228 g/mol. The quantitative estimate of drug-likeness (QED) is 0.757. The number of carbonyl (C=O) groups is 1. The lowest BCUT2D eigenvalue weighted by atomic mass is 10.3. The minimum atomic E-state index is -0.974. The highest BCUT2D eigenvalue weighted by atomic mass is 32.1. The Kier molecular flexibility index (Phi) is 5.37. The summed E-state index contributed by atoms with van der Waals surface area (Å²) in [7, 11) is 0. The first-order valence-electron chi connectivity index (χ1n) is 5.12. The van der Waals surface area contributed by atoms with Crippen molar-refractivity contribution in [1.29, 1.82) is 0 Å². The van der Waals surface area contributed by atoms with Gasteiger partial charge in [0.1, 0.15) is 0 Å². The molecule has 1 unspecified atom stereocenters. The van der Waals surface area contributed by atoms with Gasteiger partial charge in [0, 0.05) is 24.6 Å². The molecule has 1 aromatic rings. The minimum Gasteiger partial charge on any atom is -0.476 e. The van der Waals surface area contributed by atoms with Crippen molar-refractivity contribution in [3.05, 3.63) is 16.1 Å². The molecule has 1 heterocycles. The van der Waals surface area contributed by atoms with Crippen LogP contribution in [0.4, 0.5) is 0 Å². The smallest absolute Gasteiger partial charge is 0.365 e. The lowest BCUT2D eigenvalue weighted by Gasteiger charge is -2.12. The van der Waals surface area contributed by atoms with Gasteiger partial charge < -0.3 is 15.2 Å². The molecule has 0 amide bonds. The molecule has 0 aromatic carbocycles. The second kappa shape index (κ2) is 6.57. The number of nitrogens with zero attached hydrogens (tertiary/aromatic N) is 1. The number of ether oxygens (including phenoxy) is 1. The lowest BCUT2D eigenvalue weighted by Crippen LogP contribution is -2.30. The number of hydrogen-bond donors (Lipinski definition) is 2. The van der Waals surface area contributed by atoms with Crippen LogP contribution >= 0.6 is 11.3 Å². The van der Waals surface area contributed by atoms with Crippen LogP contribution in [0.3, 0.4) is 0 Å². The molecular formula is C10H16N2O3S. The highest BCUT2D eigenvalue weighted by Gasteiger charge is 2.09. The molecule has 0 saturated carbocycles. The summed E-state index contributed by atoms with van der Waals surface area (Å²) < 4.78 is 5.25. The van der Waals surface area contributed by atoms with Gasteiger partial charge in [-0.3, -0.25) is 0 Å². The topological polar surface area (TPSA) is 71.5 Å². The van der Waals surface area contributed by atoms with E-state index in [9.17, 15) is 4.79 Å². The number of aromatic nitrogens is 1. The molecule has 0 saturated heterocycles. The third kappa shape index (κ3) is 4.26. The zero-order valence-electron chi connectivity index (χ0n) is 9.40. The van der Waals surface area contributed by atoms with Gasteiger partial charge in [0.25, 0.3) is 0 Å². The van der Waals surface area contributed by atoms with E-state index in [0.717, 1.165) is 17.0 Å². The zero-order valence-corrected chi connectivity index (χ0v) is 10.2. The molecule has 0 aliphatic rings. The molecule has 2 N–H and O–H groups in total. The summed E-state index contributed by atoms with van der Waals surface area (Å²) in [6.45, 7) is 5.88. The van der Waals surface area contributed by atoms with Gasteiger partial charge in [-0.15, -0.1) is 11.3 Å². The molecule has 1 aromatic heterocycles. The Bertz CT molecular complexity index is 341. The predicted molar refractivity (Wildman–Crippen MR) is 61.9 cm³/mol. The van der Waals surface area contributed by atoms with Crippen molar-refractivity contribution in [3.63, 3.8) is 0 Å². The summed E-state index contributed by atoms with van der Waals surface area (Å²) in [4.78, 5) is 14.6. The Morgan fingerprint density at radius 1 is 1.75 bits per heavy atom. The molecule has 16 heavy (non-hydrogen) atoms. The molecule has 0 aliphatic carbocycles. The third-order valence-electron chi connectivity index (χ3n) is 1.94. The second-order valence-electron chi connectivity index (χ2n) is 3.39. The number of carboxylic acid groups (broad SMARTS) is 1. The Hall–Kier alpha value is -0.980. The van der Waals surface area contributed by atoms with E-state index < -0.39 is 5.97 Å². The molecule has 0 fully saturated rings. The van der Waals surface area contributed by atoms with Gasteiger partial charge in [0.2, 0.25) is 5.01 Å². The largest absolute Gasteiger partial charge is 0.476 e. The normalized spacial score (nSPS) is 12.6. The predicted octanol–water partition coefficient (Wildman–Crippen LogP) is 1.36. The van der Waals surface area contributed by atoms with E-state index in [0.29, 0.717) is 19.8 Å². The molecule has 0 spiro atoms. The van der Waals surface area contributed by atoms with Gasteiger partial charge in [0.15, 0.2) is 0 Å². The third-order valence-corrected chi connectivity index (χ3v) is 2.82. The maximum Gasteiger partial charge on any atom is 0.365 e. The van der Waals surface area contributed by atoms with Crippen LogP contribution in [0.25, 0.3) is 0 Å². The van der Waals surface area contributed by atoms with Crippen molar-refractivity contribution >= 4 is 17.3 Å². The van der Waals surface area contributed by atoms with Crippen LogP contribution in [-0.2, 0) is 11.3 Å². The van der Waals surface area contributed by atoms with Crippen LogP contribution < -0.4 is 5.32 Å². The Balaban J connectivity index is 2.33. The van der Waals surface area contributed by atoms with E-state index in [2.05, 4.69) is 10.3 Å². The van der Waals surface area contributed by atoms with Crippen molar-refractivity contribution in [2.45, 2.75) is 26.4 Å². The summed E-state index contributed by atoms with van der Waals surface area (Å²) in [5.74, 6) is -0.974. The van der Waals surface area contributed by atoms with E-state index in [1.165, 1.54) is 0 Å². The Morgan fingerprint density at radius 2 is 2.50 bits per heavy atom. The maximum absolute atomic E-state index is 10.6. The average Bonchev–Trinajstić information content (AvgIpc) is 2.72. The summed E-state index contributed by atoms with van der Waals surface area (Å²) in [6, 6.07) is 0.231. The van der Waals surface area contributed by atoms with Crippen LogP contribution in [0.15, 0.2) is 5.38 Å². The first-order valence-corrected chi connectivity index (χ1v) is 6.00. The van der Waals surface area contributed by atoms with Crippen LogP contribution in [0.1, 0.15) is 29.3 Å². The van der Waals surface area contributed by atoms with Crippen LogP contribution in [0.2, 0.25) is 0 Å². The fourth-order valence-electron chi connectivity index (χ4n) is 1.12. The number of thiazole rings is 1. The molecule has 5 nitrogen and oxygen atoms in total. The summed E-state index contributed by atoms with van der Waals surface area (Å²) in [5, 5.41) is 13.8. The first-order chi connectivity index (χ1) is 7.63. The minimum absolute atomic E-state index is 0.134. The second-order valence-corrected chi connectivity index (χ2v) is 4.25. The highest BCUT2D eigenvalue weighted by molar-refractivity contribution is 7.11. The van der Waals surface area contributed by atoms with Gasteiger partial charge in [-0.05, 0) is 13.8 Å². The summed E-state index contributed by atoms with van der Waals surface area (Å²) >= 11 is 1.15. The molecule has 0 bridgehead atoms. The molecule has 90 valence electrons. The van der Waals surface area contributed by atoms with Crippen molar-refractivity contribution in [2.24, 2.45) is 0 Å². The van der Waals surface area contributed by atoms with Gasteiger partial charge in [-0.25, -0.2) is 9.78 Å². The van der Waals surface area contributed by atoms with Crippen molar-refractivity contribution < 1.29 is 14.6 Å². The van der Waals surface area contributed by atoms with Gasteiger partial charge in [0.05, 0.1) is 12.3 Å². The monoisotopic (exact) mass is 244 g/mol.